The SMILES string of the molecule is CCCNC(=O)[C@@H](C)N(Cc1ccc(OC)cc1)C(=O)CN(c1ccccc1)S(=O)(=O)c1ccccc1. The van der Waals surface area contributed by atoms with Gasteiger partial charge in [-0.3, -0.25) is 13.9 Å². The summed E-state index contributed by atoms with van der Waals surface area (Å²) in [5.41, 5.74) is 1.13. The molecule has 1 atom stereocenters. The van der Waals surface area contributed by atoms with Crippen molar-refractivity contribution >= 4 is 27.5 Å². The summed E-state index contributed by atoms with van der Waals surface area (Å²) in [4.78, 5) is 28.1. The van der Waals surface area contributed by atoms with Crippen LogP contribution in [0.25, 0.3) is 0 Å². The van der Waals surface area contributed by atoms with Crippen molar-refractivity contribution in [2.75, 3.05) is 24.5 Å². The highest BCUT2D eigenvalue weighted by atomic mass is 32.2. The molecule has 2 amide bonds. The average Bonchev–Trinajstić information content (AvgIpc) is 2.94. The molecule has 3 aromatic rings. The van der Waals surface area contributed by atoms with Gasteiger partial charge in [0.05, 0.1) is 17.7 Å². The number of methoxy groups -OCH3 is 1. The topological polar surface area (TPSA) is 96.0 Å². The molecule has 1 N–H and O–H groups in total. The van der Waals surface area contributed by atoms with Crippen molar-refractivity contribution in [2.24, 2.45) is 0 Å². The highest BCUT2D eigenvalue weighted by Gasteiger charge is 2.32. The molecule has 3 rings (SSSR count). The van der Waals surface area contributed by atoms with Crippen LogP contribution in [-0.4, -0.2) is 51.4 Å². The van der Waals surface area contributed by atoms with Crippen LogP contribution in [0.15, 0.2) is 89.8 Å². The fourth-order valence-corrected chi connectivity index (χ4v) is 5.18. The van der Waals surface area contributed by atoms with Gasteiger partial charge in [0.1, 0.15) is 18.3 Å². The third-order valence-electron chi connectivity index (χ3n) is 5.88. The van der Waals surface area contributed by atoms with Gasteiger partial charge in [0.25, 0.3) is 10.0 Å². The number of hydrogen-bond donors (Lipinski definition) is 1. The van der Waals surface area contributed by atoms with Crippen molar-refractivity contribution in [3.63, 3.8) is 0 Å². The molecule has 0 bridgehead atoms. The maximum absolute atomic E-state index is 13.8. The molecule has 0 fully saturated rings. The Labute approximate surface area is 218 Å². The Balaban J connectivity index is 1.97. The number of nitrogens with zero attached hydrogens (tertiary/aromatic N) is 2. The molecule has 3 aromatic carbocycles. The lowest BCUT2D eigenvalue weighted by atomic mass is 10.1. The first-order chi connectivity index (χ1) is 17.8. The fraction of sp³-hybridized carbons (Fsp3) is 0.286. The van der Waals surface area contributed by atoms with Crippen LogP contribution < -0.4 is 14.4 Å². The summed E-state index contributed by atoms with van der Waals surface area (Å²) < 4.78 is 33.6. The summed E-state index contributed by atoms with van der Waals surface area (Å²) in [6.45, 7) is 3.72. The summed E-state index contributed by atoms with van der Waals surface area (Å²) >= 11 is 0. The van der Waals surface area contributed by atoms with Gasteiger partial charge < -0.3 is 15.0 Å². The van der Waals surface area contributed by atoms with Crippen molar-refractivity contribution in [3.05, 3.63) is 90.5 Å². The molecule has 0 aliphatic rings. The summed E-state index contributed by atoms with van der Waals surface area (Å²) in [6.07, 6.45) is 0.752. The van der Waals surface area contributed by atoms with E-state index < -0.39 is 28.5 Å². The van der Waals surface area contributed by atoms with Gasteiger partial charge in [-0.1, -0.05) is 55.5 Å². The molecular weight excluding hydrogens is 490 g/mol. The van der Waals surface area contributed by atoms with Crippen molar-refractivity contribution < 1.29 is 22.7 Å². The number of nitrogens with one attached hydrogen (secondary N) is 1. The van der Waals surface area contributed by atoms with Crippen LogP contribution in [-0.2, 0) is 26.2 Å². The van der Waals surface area contributed by atoms with Gasteiger partial charge in [0, 0.05) is 13.1 Å². The number of anilines is 1. The van der Waals surface area contributed by atoms with E-state index in [0.29, 0.717) is 18.0 Å². The van der Waals surface area contributed by atoms with E-state index in [0.717, 1.165) is 16.3 Å². The zero-order valence-corrected chi connectivity index (χ0v) is 22.1. The summed E-state index contributed by atoms with van der Waals surface area (Å²) in [5.74, 6) is -0.140. The lowest BCUT2D eigenvalue weighted by Gasteiger charge is -2.32. The molecule has 0 unspecified atom stereocenters. The molecule has 0 saturated carbocycles. The van der Waals surface area contributed by atoms with Gasteiger partial charge in [0.2, 0.25) is 11.8 Å². The van der Waals surface area contributed by atoms with E-state index in [1.54, 1.807) is 74.7 Å². The summed E-state index contributed by atoms with van der Waals surface area (Å²) in [5, 5.41) is 2.83. The van der Waals surface area contributed by atoms with Crippen LogP contribution in [0.3, 0.4) is 0 Å². The molecule has 9 heteroatoms. The normalized spacial score (nSPS) is 11.9. The molecule has 37 heavy (non-hydrogen) atoms. The first-order valence-electron chi connectivity index (χ1n) is 12.1. The Hall–Kier alpha value is -3.85. The Bertz CT molecular complexity index is 1270. The molecule has 0 aliphatic heterocycles. The van der Waals surface area contributed by atoms with Gasteiger partial charge in [0.15, 0.2) is 0 Å². The Morgan fingerprint density at radius 2 is 1.51 bits per heavy atom. The number of sulfonamides is 1. The number of carbonyl (C=O) groups is 2. The molecule has 0 aliphatic carbocycles. The van der Waals surface area contributed by atoms with E-state index in [1.165, 1.54) is 17.0 Å². The molecule has 0 heterocycles. The minimum Gasteiger partial charge on any atom is -0.497 e. The third kappa shape index (κ3) is 7.10. The van der Waals surface area contributed by atoms with E-state index >= 15 is 0 Å². The summed E-state index contributed by atoms with van der Waals surface area (Å²) in [7, 11) is -2.49. The number of benzene rings is 3. The highest BCUT2D eigenvalue weighted by molar-refractivity contribution is 7.92. The first-order valence-corrected chi connectivity index (χ1v) is 13.5. The summed E-state index contributed by atoms with van der Waals surface area (Å²) in [6, 6.07) is 22.8. The zero-order valence-electron chi connectivity index (χ0n) is 21.3. The molecule has 196 valence electrons. The van der Waals surface area contributed by atoms with Gasteiger partial charge in [-0.25, -0.2) is 8.42 Å². The number of ether oxygens (including phenoxy) is 1. The Morgan fingerprint density at radius 3 is 2.08 bits per heavy atom. The van der Waals surface area contributed by atoms with Gasteiger partial charge in [-0.15, -0.1) is 0 Å². The monoisotopic (exact) mass is 523 g/mol. The molecule has 0 radical (unpaired) electrons. The van der Waals surface area contributed by atoms with Crippen LogP contribution in [0.5, 0.6) is 5.75 Å². The Kier molecular flexibility index (Phi) is 9.68. The smallest absolute Gasteiger partial charge is 0.264 e. The largest absolute Gasteiger partial charge is 0.497 e. The number of amides is 2. The van der Waals surface area contributed by atoms with Crippen molar-refractivity contribution in [1.29, 1.82) is 0 Å². The van der Waals surface area contributed by atoms with Crippen LogP contribution >= 0.6 is 0 Å². The maximum atomic E-state index is 13.8. The first kappa shape index (κ1) is 27.7. The second kappa shape index (κ2) is 12.9. The zero-order chi connectivity index (χ0) is 26.8. The van der Waals surface area contributed by atoms with E-state index in [9.17, 15) is 18.0 Å². The minimum absolute atomic E-state index is 0.0714. The van der Waals surface area contributed by atoms with Crippen LogP contribution in [0.2, 0.25) is 0 Å². The number of rotatable bonds is 12. The maximum Gasteiger partial charge on any atom is 0.264 e. The van der Waals surface area contributed by atoms with Crippen molar-refractivity contribution in [3.8, 4) is 5.75 Å². The number of hydrogen-bond acceptors (Lipinski definition) is 5. The molecule has 0 saturated heterocycles. The standard InChI is InChI=1S/C28H33N3O5S/c1-4-19-29-28(33)22(2)30(20-23-15-17-25(36-3)18-16-23)27(32)21-31(24-11-7-5-8-12-24)37(34,35)26-13-9-6-10-14-26/h5-18,22H,4,19-21H2,1-3H3,(H,29,33)/t22-/m1/s1. The highest BCUT2D eigenvalue weighted by Crippen LogP contribution is 2.24. The molecule has 0 aromatic heterocycles. The fourth-order valence-electron chi connectivity index (χ4n) is 3.75. The van der Waals surface area contributed by atoms with Gasteiger partial charge in [-0.05, 0) is 55.3 Å². The van der Waals surface area contributed by atoms with Crippen LogP contribution in [0.4, 0.5) is 5.69 Å². The quantitative estimate of drug-likeness (QED) is 0.389. The predicted molar refractivity (Wildman–Crippen MR) is 144 cm³/mol. The van der Waals surface area contributed by atoms with E-state index in [-0.39, 0.29) is 17.3 Å². The second-order valence-electron chi connectivity index (χ2n) is 8.50. The third-order valence-corrected chi connectivity index (χ3v) is 7.67. The van der Waals surface area contributed by atoms with Crippen LogP contribution in [0.1, 0.15) is 25.8 Å². The number of para-hydroxylation sites is 1. The van der Waals surface area contributed by atoms with E-state index in [2.05, 4.69) is 5.32 Å². The van der Waals surface area contributed by atoms with Gasteiger partial charge >= 0.3 is 0 Å². The molecule has 0 spiro atoms. The lowest BCUT2D eigenvalue weighted by Crippen LogP contribution is -2.51. The molecular formula is C28H33N3O5S. The lowest BCUT2D eigenvalue weighted by molar-refractivity contribution is -0.139. The molecule has 8 nitrogen and oxygen atoms in total. The second-order valence-corrected chi connectivity index (χ2v) is 10.4. The van der Waals surface area contributed by atoms with E-state index in [1.807, 2.05) is 19.1 Å². The van der Waals surface area contributed by atoms with Crippen LogP contribution in [0, 0.1) is 0 Å². The predicted octanol–water partition coefficient (Wildman–Crippen LogP) is 3.83. The van der Waals surface area contributed by atoms with Gasteiger partial charge in [-0.2, -0.15) is 0 Å². The minimum atomic E-state index is -4.06. The van der Waals surface area contributed by atoms with Crippen molar-refractivity contribution in [1.82, 2.24) is 10.2 Å². The Morgan fingerprint density at radius 1 is 0.919 bits per heavy atom. The van der Waals surface area contributed by atoms with E-state index in [4.69, 9.17) is 4.74 Å². The average molecular weight is 524 g/mol. The van der Waals surface area contributed by atoms with Crippen molar-refractivity contribution in [2.45, 2.75) is 37.8 Å². The number of carbonyl (C=O) groups excluding carboxylic acids is 2.